The van der Waals surface area contributed by atoms with Crippen LogP contribution in [0.1, 0.15) is 26.7 Å². The number of methoxy groups -OCH3 is 2. The highest BCUT2D eigenvalue weighted by atomic mass is 16.5. The Morgan fingerprint density at radius 2 is 1.17 bits per heavy atom. The molecule has 2 N–H and O–H groups in total. The Bertz CT molecular complexity index is 301. The maximum atomic E-state index is 11.1. The number of hydrogen-bond donors (Lipinski definition) is 2. The zero-order valence-electron chi connectivity index (χ0n) is 11.1. The molecule has 104 valence electrons. The highest BCUT2D eigenvalue weighted by Crippen LogP contribution is 2.19. The summed E-state index contributed by atoms with van der Waals surface area (Å²) in [6.07, 6.45) is -0.625. The second-order valence-electron chi connectivity index (χ2n) is 4.07. The van der Waals surface area contributed by atoms with Crippen LogP contribution < -0.4 is 0 Å². The number of carboxylic acid groups (broad SMARTS) is 2. The fraction of sp³-hybridized carbons (Fsp3) is 0.667. The van der Waals surface area contributed by atoms with Gasteiger partial charge in [-0.15, -0.1) is 0 Å². The first-order valence-corrected chi connectivity index (χ1v) is 5.57. The maximum Gasteiger partial charge on any atom is 0.332 e. The minimum absolute atomic E-state index is 0.0455. The van der Waals surface area contributed by atoms with Crippen molar-refractivity contribution in [3.63, 3.8) is 0 Å². The molecular weight excluding hydrogens is 240 g/mol. The molecule has 0 aliphatic carbocycles. The molecule has 0 fully saturated rings. The monoisotopic (exact) mass is 260 g/mol. The van der Waals surface area contributed by atoms with E-state index < -0.39 is 11.9 Å². The van der Waals surface area contributed by atoms with Gasteiger partial charge in [-0.3, -0.25) is 0 Å². The Balaban J connectivity index is 5.29. The molecule has 0 aromatic carbocycles. The fourth-order valence-electron chi connectivity index (χ4n) is 1.42. The van der Waals surface area contributed by atoms with E-state index in [1.807, 2.05) is 0 Å². The maximum absolute atomic E-state index is 11.1. The summed E-state index contributed by atoms with van der Waals surface area (Å²) >= 11 is 0. The molecule has 0 rings (SSSR count). The fourth-order valence-corrected chi connectivity index (χ4v) is 1.42. The largest absolute Gasteiger partial charge is 0.478 e. The van der Waals surface area contributed by atoms with E-state index in [-0.39, 0.29) is 36.2 Å². The van der Waals surface area contributed by atoms with Crippen LogP contribution in [0.5, 0.6) is 0 Å². The lowest BCUT2D eigenvalue weighted by atomic mass is 9.98. The van der Waals surface area contributed by atoms with Crippen molar-refractivity contribution in [1.29, 1.82) is 0 Å². The molecule has 18 heavy (non-hydrogen) atoms. The normalized spacial score (nSPS) is 15.8. The van der Waals surface area contributed by atoms with E-state index in [4.69, 9.17) is 19.7 Å². The van der Waals surface area contributed by atoms with Gasteiger partial charge in [0.25, 0.3) is 0 Å². The zero-order valence-corrected chi connectivity index (χ0v) is 11.1. The lowest BCUT2D eigenvalue weighted by Crippen LogP contribution is -2.20. The molecule has 2 unspecified atom stereocenters. The Morgan fingerprint density at radius 3 is 1.33 bits per heavy atom. The molecule has 0 saturated carbocycles. The quantitative estimate of drug-likeness (QED) is 0.639. The summed E-state index contributed by atoms with van der Waals surface area (Å²) in [4.78, 5) is 22.3. The summed E-state index contributed by atoms with van der Waals surface area (Å²) in [6.45, 7) is 3.37. The zero-order chi connectivity index (χ0) is 14.3. The van der Waals surface area contributed by atoms with E-state index in [2.05, 4.69) is 0 Å². The van der Waals surface area contributed by atoms with Crippen LogP contribution in [0.4, 0.5) is 0 Å². The summed E-state index contributed by atoms with van der Waals surface area (Å²) in [5.74, 6) is -2.47. The lowest BCUT2D eigenvalue weighted by Gasteiger charge is -2.15. The first kappa shape index (κ1) is 16.6. The van der Waals surface area contributed by atoms with Gasteiger partial charge in [0.05, 0.1) is 23.4 Å². The van der Waals surface area contributed by atoms with Crippen molar-refractivity contribution >= 4 is 11.9 Å². The first-order valence-electron chi connectivity index (χ1n) is 5.57. The van der Waals surface area contributed by atoms with E-state index in [0.717, 1.165) is 0 Å². The van der Waals surface area contributed by atoms with Crippen LogP contribution in [0.25, 0.3) is 0 Å². The summed E-state index contributed by atoms with van der Waals surface area (Å²) in [5, 5.41) is 18.2. The van der Waals surface area contributed by atoms with E-state index in [9.17, 15) is 9.59 Å². The Morgan fingerprint density at radius 1 is 0.889 bits per heavy atom. The number of hydrogen-bond acceptors (Lipinski definition) is 4. The van der Waals surface area contributed by atoms with Crippen LogP contribution in [-0.2, 0) is 19.1 Å². The van der Waals surface area contributed by atoms with Gasteiger partial charge in [-0.05, 0) is 13.8 Å². The molecule has 0 aromatic rings. The number of aliphatic carboxylic acids is 2. The van der Waals surface area contributed by atoms with Gasteiger partial charge in [-0.2, -0.15) is 0 Å². The van der Waals surface area contributed by atoms with Gasteiger partial charge in [0.15, 0.2) is 0 Å². The molecule has 0 heterocycles. The molecule has 0 amide bonds. The van der Waals surface area contributed by atoms with Crippen molar-refractivity contribution < 1.29 is 29.3 Å². The minimum Gasteiger partial charge on any atom is -0.478 e. The van der Waals surface area contributed by atoms with Crippen LogP contribution >= 0.6 is 0 Å². The predicted molar refractivity (Wildman–Crippen MR) is 64.5 cm³/mol. The van der Waals surface area contributed by atoms with Crippen molar-refractivity contribution in [3.8, 4) is 0 Å². The van der Waals surface area contributed by atoms with E-state index in [0.29, 0.717) is 0 Å². The highest BCUT2D eigenvalue weighted by molar-refractivity contribution is 5.98. The smallest absolute Gasteiger partial charge is 0.332 e. The summed E-state index contributed by atoms with van der Waals surface area (Å²) < 4.78 is 9.94. The number of carboxylic acids is 2. The number of carbonyl (C=O) groups is 2. The van der Waals surface area contributed by atoms with Crippen molar-refractivity contribution in [2.24, 2.45) is 0 Å². The van der Waals surface area contributed by atoms with Gasteiger partial charge in [0, 0.05) is 27.1 Å². The van der Waals surface area contributed by atoms with Crippen LogP contribution in [-0.4, -0.2) is 48.6 Å². The Kier molecular flexibility index (Phi) is 7.23. The van der Waals surface area contributed by atoms with Crippen LogP contribution in [0, 0.1) is 0 Å². The van der Waals surface area contributed by atoms with E-state index >= 15 is 0 Å². The SMILES string of the molecule is COC(C)C/C(C(=O)O)=C(\CC(C)OC)C(=O)O. The topological polar surface area (TPSA) is 93.1 Å². The molecule has 0 spiro atoms. The summed E-state index contributed by atoms with van der Waals surface area (Å²) in [5.41, 5.74) is -0.276. The van der Waals surface area contributed by atoms with Gasteiger partial charge < -0.3 is 19.7 Å². The van der Waals surface area contributed by atoms with Crippen molar-refractivity contribution in [3.05, 3.63) is 11.1 Å². The second kappa shape index (κ2) is 7.84. The van der Waals surface area contributed by atoms with Crippen molar-refractivity contribution in [2.45, 2.75) is 38.9 Å². The average Bonchev–Trinajstić information content (AvgIpc) is 2.31. The van der Waals surface area contributed by atoms with Gasteiger partial charge >= 0.3 is 11.9 Å². The molecule has 0 aromatic heterocycles. The van der Waals surface area contributed by atoms with Gasteiger partial charge in [0.2, 0.25) is 0 Å². The van der Waals surface area contributed by atoms with Crippen molar-refractivity contribution in [1.82, 2.24) is 0 Å². The van der Waals surface area contributed by atoms with Crippen LogP contribution in [0.15, 0.2) is 11.1 Å². The third-order valence-electron chi connectivity index (χ3n) is 2.67. The van der Waals surface area contributed by atoms with Crippen LogP contribution in [0.2, 0.25) is 0 Å². The third-order valence-corrected chi connectivity index (χ3v) is 2.67. The Labute approximate surface area is 106 Å². The molecule has 0 saturated heterocycles. The molecule has 0 aliphatic rings. The third kappa shape index (κ3) is 5.29. The summed E-state index contributed by atoms with van der Waals surface area (Å²) in [7, 11) is 2.89. The van der Waals surface area contributed by atoms with E-state index in [1.165, 1.54) is 14.2 Å². The Hall–Kier alpha value is -1.40. The van der Waals surface area contributed by atoms with E-state index in [1.54, 1.807) is 13.8 Å². The number of ether oxygens (including phenoxy) is 2. The van der Waals surface area contributed by atoms with Crippen LogP contribution in [0.3, 0.4) is 0 Å². The lowest BCUT2D eigenvalue weighted by molar-refractivity contribution is -0.136. The number of rotatable bonds is 8. The molecule has 2 atom stereocenters. The molecule has 6 nitrogen and oxygen atoms in total. The average molecular weight is 260 g/mol. The van der Waals surface area contributed by atoms with Gasteiger partial charge in [-0.25, -0.2) is 9.59 Å². The van der Waals surface area contributed by atoms with Crippen molar-refractivity contribution in [2.75, 3.05) is 14.2 Å². The standard InChI is InChI=1S/C12H20O6/c1-7(17-3)5-9(11(13)14)10(12(15)16)6-8(2)18-4/h7-8H,5-6H2,1-4H3,(H,13,14)(H,15,16)/b10-9-. The molecule has 0 aliphatic heterocycles. The minimum atomic E-state index is -1.24. The first-order chi connectivity index (χ1) is 8.33. The van der Waals surface area contributed by atoms with Gasteiger partial charge in [0.1, 0.15) is 0 Å². The predicted octanol–water partition coefficient (Wildman–Crippen LogP) is 1.30. The molecular formula is C12H20O6. The molecule has 6 heteroatoms. The second-order valence-corrected chi connectivity index (χ2v) is 4.07. The summed E-state index contributed by atoms with van der Waals surface area (Å²) in [6, 6.07) is 0. The highest BCUT2D eigenvalue weighted by Gasteiger charge is 2.23. The molecule has 0 radical (unpaired) electrons. The van der Waals surface area contributed by atoms with Gasteiger partial charge in [-0.1, -0.05) is 0 Å². The molecule has 0 bridgehead atoms.